The number of fused-ring (bicyclic) bond motifs is 1. The van der Waals surface area contributed by atoms with Crippen molar-refractivity contribution >= 4 is 33.2 Å². The number of hydrogen-bond donors (Lipinski definition) is 0. The Kier molecular flexibility index (Phi) is 2.37. The molecule has 0 aliphatic rings. The van der Waals surface area contributed by atoms with Gasteiger partial charge in [0.25, 0.3) is 0 Å². The van der Waals surface area contributed by atoms with E-state index in [1.54, 1.807) is 4.57 Å². The summed E-state index contributed by atoms with van der Waals surface area (Å²) in [5, 5.41) is 0.676. The van der Waals surface area contributed by atoms with E-state index in [2.05, 4.69) is 0 Å². The van der Waals surface area contributed by atoms with Crippen LogP contribution in [0.3, 0.4) is 0 Å². The predicted molar refractivity (Wildman–Crippen MR) is 61.5 cm³/mol. The van der Waals surface area contributed by atoms with Crippen LogP contribution in [-0.4, -0.2) is 4.57 Å². The van der Waals surface area contributed by atoms with E-state index < -0.39 is 0 Å². The fourth-order valence-electron chi connectivity index (χ4n) is 1.50. The summed E-state index contributed by atoms with van der Waals surface area (Å²) >= 11 is 7.10. The molecule has 0 radical (unpaired) electrons. The molecule has 2 rings (SSSR count). The number of nitrogens with zero attached hydrogens (tertiary/aromatic N) is 1. The van der Waals surface area contributed by atoms with E-state index in [1.807, 2.05) is 32.0 Å². The highest BCUT2D eigenvalue weighted by Crippen LogP contribution is 2.23. The number of halogens is 1. The van der Waals surface area contributed by atoms with E-state index in [4.69, 9.17) is 11.6 Å². The number of rotatable bonds is 1. The lowest BCUT2D eigenvalue weighted by Crippen LogP contribution is -2.14. The lowest BCUT2D eigenvalue weighted by Gasteiger charge is -2.06. The first-order valence-corrected chi connectivity index (χ1v) is 5.59. The minimum Gasteiger partial charge on any atom is -0.296 e. The van der Waals surface area contributed by atoms with E-state index >= 15 is 0 Å². The molecule has 0 saturated carbocycles. The molecule has 4 heteroatoms. The topological polar surface area (TPSA) is 22.0 Å². The Hall–Kier alpha value is -0.800. The van der Waals surface area contributed by atoms with Gasteiger partial charge in [0.1, 0.15) is 0 Å². The third kappa shape index (κ3) is 1.47. The Morgan fingerprint density at radius 2 is 2.14 bits per heavy atom. The average molecular weight is 228 g/mol. The molecule has 1 heterocycles. The maximum absolute atomic E-state index is 11.6. The average Bonchev–Trinajstić information content (AvgIpc) is 2.39. The summed E-state index contributed by atoms with van der Waals surface area (Å²) in [5.74, 6) is 0. The van der Waals surface area contributed by atoms with Gasteiger partial charge in [0, 0.05) is 11.1 Å². The Morgan fingerprint density at radius 1 is 1.43 bits per heavy atom. The standard InChI is InChI=1S/C10H10ClNOS/c1-6(2)12-8-4-3-7(11)5-9(8)14-10(12)13/h3-6H,1-2H3. The molecule has 0 atom stereocenters. The van der Waals surface area contributed by atoms with Gasteiger partial charge in [0.2, 0.25) is 0 Å². The van der Waals surface area contributed by atoms with E-state index in [1.165, 1.54) is 11.3 Å². The monoisotopic (exact) mass is 227 g/mol. The maximum Gasteiger partial charge on any atom is 0.308 e. The van der Waals surface area contributed by atoms with Crippen molar-refractivity contribution in [3.63, 3.8) is 0 Å². The molecule has 0 aliphatic heterocycles. The molecule has 0 spiro atoms. The van der Waals surface area contributed by atoms with Gasteiger partial charge in [-0.2, -0.15) is 0 Å². The second-order valence-corrected chi connectivity index (χ2v) is 4.87. The minimum atomic E-state index is 0.0808. The summed E-state index contributed by atoms with van der Waals surface area (Å²) < 4.78 is 2.74. The molecule has 14 heavy (non-hydrogen) atoms. The predicted octanol–water partition coefficient (Wildman–Crippen LogP) is 3.30. The Morgan fingerprint density at radius 3 is 2.79 bits per heavy atom. The van der Waals surface area contributed by atoms with Crippen LogP contribution in [0.4, 0.5) is 0 Å². The zero-order chi connectivity index (χ0) is 10.3. The normalized spacial score (nSPS) is 11.4. The molecule has 0 bridgehead atoms. The molecule has 0 N–H and O–H groups in total. The van der Waals surface area contributed by atoms with Crippen molar-refractivity contribution in [2.24, 2.45) is 0 Å². The SMILES string of the molecule is CC(C)n1c(=O)sc2cc(Cl)ccc21. The van der Waals surface area contributed by atoms with Gasteiger partial charge in [-0.15, -0.1) is 0 Å². The van der Waals surface area contributed by atoms with E-state index in [9.17, 15) is 4.79 Å². The molecule has 0 aliphatic carbocycles. The maximum atomic E-state index is 11.6. The third-order valence-corrected chi connectivity index (χ3v) is 3.25. The van der Waals surface area contributed by atoms with Crippen LogP contribution in [0.25, 0.3) is 10.2 Å². The van der Waals surface area contributed by atoms with Gasteiger partial charge < -0.3 is 0 Å². The summed E-state index contributed by atoms with van der Waals surface area (Å²) in [6, 6.07) is 5.74. The molecule has 2 nitrogen and oxygen atoms in total. The fraction of sp³-hybridized carbons (Fsp3) is 0.300. The van der Waals surface area contributed by atoms with Gasteiger partial charge in [0.05, 0.1) is 10.2 Å². The van der Waals surface area contributed by atoms with E-state index in [-0.39, 0.29) is 10.9 Å². The minimum absolute atomic E-state index is 0.0808. The first-order valence-electron chi connectivity index (χ1n) is 4.40. The zero-order valence-corrected chi connectivity index (χ0v) is 9.52. The fourth-order valence-corrected chi connectivity index (χ4v) is 2.79. The summed E-state index contributed by atoms with van der Waals surface area (Å²) in [7, 11) is 0. The van der Waals surface area contributed by atoms with Crippen LogP contribution in [-0.2, 0) is 0 Å². The van der Waals surface area contributed by atoms with Gasteiger partial charge >= 0.3 is 4.87 Å². The van der Waals surface area contributed by atoms with Gasteiger partial charge in [0.15, 0.2) is 0 Å². The second-order valence-electron chi connectivity index (χ2n) is 3.44. The van der Waals surface area contributed by atoms with Crippen molar-refractivity contribution in [3.8, 4) is 0 Å². The summed E-state index contributed by atoms with van der Waals surface area (Å²) in [6.45, 7) is 4.00. The quantitative estimate of drug-likeness (QED) is 0.733. The second kappa shape index (κ2) is 3.41. The largest absolute Gasteiger partial charge is 0.308 e. The first-order chi connectivity index (χ1) is 6.59. The summed E-state index contributed by atoms with van der Waals surface area (Å²) in [4.78, 5) is 11.7. The van der Waals surface area contributed by atoms with Crippen molar-refractivity contribution in [2.45, 2.75) is 19.9 Å². The number of benzene rings is 1. The zero-order valence-electron chi connectivity index (χ0n) is 7.95. The van der Waals surface area contributed by atoms with Crippen LogP contribution < -0.4 is 4.87 Å². The molecular formula is C10H10ClNOS. The molecule has 0 saturated heterocycles. The van der Waals surface area contributed by atoms with Crippen LogP contribution in [0.15, 0.2) is 23.0 Å². The van der Waals surface area contributed by atoms with Gasteiger partial charge in [-0.3, -0.25) is 9.36 Å². The smallest absolute Gasteiger partial charge is 0.296 e. The summed E-state index contributed by atoms with van der Waals surface area (Å²) in [6.07, 6.45) is 0. The highest BCUT2D eigenvalue weighted by Gasteiger charge is 2.09. The van der Waals surface area contributed by atoms with Gasteiger partial charge in [-0.25, -0.2) is 0 Å². The first kappa shape index (κ1) is 9.74. The molecule has 1 aromatic carbocycles. The number of aromatic nitrogens is 1. The van der Waals surface area contributed by atoms with Crippen LogP contribution in [0.5, 0.6) is 0 Å². The van der Waals surface area contributed by atoms with E-state index in [0.717, 1.165) is 10.2 Å². The van der Waals surface area contributed by atoms with Crippen molar-refractivity contribution in [1.29, 1.82) is 0 Å². The van der Waals surface area contributed by atoms with Crippen molar-refractivity contribution < 1.29 is 0 Å². The molecule has 0 amide bonds. The number of hydrogen-bond acceptors (Lipinski definition) is 2. The number of thiazole rings is 1. The lowest BCUT2D eigenvalue weighted by molar-refractivity contribution is 0.611. The Labute approximate surface area is 90.7 Å². The van der Waals surface area contributed by atoms with Gasteiger partial charge in [-0.1, -0.05) is 22.9 Å². The Balaban J connectivity index is 2.84. The molecule has 1 aromatic heterocycles. The molecular weight excluding hydrogens is 218 g/mol. The molecule has 0 fully saturated rings. The molecule has 2 aromatic rings. The van der Waals surface area contributed by atoms with E-state index in [0.29, 0.717) is 5.02 Å². The van der Waals surface area contributed by atoms with Crippen LogP contribution in [0.2, 0.25) is 5.02 Å². The van der Waals surface area contributed by atoms with Gasteiger partial charge in [-0.05, 0) is 32.0 Å². The highest BCUT2D eigenvalue weighted by atomic mass is 35.5. The van der Waals surface area contributed by atoms with Crippen molar-refractivity contribution in [3.05, 3.63) is 32.9 Å². The lowest BCUT2D eigenvalue weighted by atomic mass is 10.3. The molecule has 74 valence electrons. The summed E-state index contributed by atoms with van der Waals surface area (Å²) in [5.41, 5.74) is 0.972. The third-order valence-electron chi connectivity index (χ3n) is 2.09. The highest BCUT2D eigenvalue weighted by molar-refractivity contribution is 7.16. The van der Waals surface area contributed by atoms with Crippen molar-refractivity contribution in [2.75, 3.05) is 0 Å². The van der Waals surface area contributed by atoms with Crippen LogP contribution in [0, 0.1) is 0 Å². The van der Waals surface area contributed by atoms with Crippen LogP contribution in [0.1, 0.15) is 19.9 Å². The van der Waals surface area contributed by atoms with Crippen LogP contribution >= 0.6 is 22.9 Å². The molecule has 0 unspecified atom stereocenters. The Bertz CT molecular complexity index is 526. The van der Waals surface area contributed by atoms with Crippen molar-refractivity contribution in [1.82, 2.24) is 4.57 Å².